The van der Waals surface area contributed by atoms with Crippen LogP contribution < -0.4 is 5.32 Å². The van der Waals surface area contributed by atoms with Gasteiger partial charge in [0.1, 0.15) is 0 Å². The second kappa shape index (κ2) is 10.1. The molecule has 37 heavy (non-hydrogen) atoms. The number of carbonyl (C=O) groups excluding carboxylic acids is 1. The van der Waals surface area contributed by atoms with E-state index in [1.807, 2.05) is 4.90 Å². The fourth-order valence-electron chi connectivity index (χ4n) is 4.83. The maximum atomic E-state index is 14.0. The Morgan fingerprint density at radius 3 is 2.30 bits per heavy atom. The average Bonchev–Trinajstić information content (AvgIpc) is 3.39. The van der Waals surface area contributed by atoms with Gasteiger partial charge >= 0.3 is 6.18 Å². The van der Waals surface area contributed by atoms with Gasteiger partial charge in [0, 0.05) is 51.1 Å². The van der Waals surface area contributed by atoms with Crippen LogP contribution in [0, 0.1) is 0 Å². The lowest BCUT2D eigenvalue weighted by atomic mass is 9.78. The molecule has 0 radical (unpaired) electrons. The van der Waals surface area contributed by atoms with Crippen LogP contribution in [0.15, 0.2) is 35.7 Å². The molecule has 1 saturated carbocycles. The first-order valence-corrected chi connectivity index (χ1v) is 13.3. The first-order chi connectivity index (χ1) is 17.2. The van der Waals surface area contributed by atoms with E-state index in [4.69, 9.17) is 11.6 Å². The highest BCUT2D eigenvalue weighted by atomic mass is 35.5. The van der Waals surface area contributed by atoms with Crippen molar-refractivity contribution >= 4 is 27.5 Å². The molecule has 2 aliphatic rings. The largest absolute Gasteiger partial charge is 0.416 e. The smallest absolute Gasteiger partial charge is 0.350 e. The number of aromatic amines is 1. The fraction of sp³-hybridized carbons (Fsp3) is 0.545. The van der Waals surface area contributed by atoms with Gasteiger partial charge in [0.2, 0.25) is 5.92 Å². The summed E-state index contributed by atoms with van der Waals surface area (Å²) >= 11 is 5.93. The van der Waals surface area contributed by atoms with E-state index in [9.17, 15) is 35.2 Å². The summed E-state index contributed by atoms with van der Waals surface area (Å²) in [5.41, 5.74) is -2.04. The van der Waals surface area contributed by atoms with E-state index in [1.54, 1.807) is 0 Å². The number of H-pyrrole nitrogens is 1. The normalized spacial score (nSPS) is 21.0. The molecule has 1 aliphatic heterocycles. The van der Waals surface area contributed by atoms with Gasteiger partial charge in [-0.3, -0.25) is 9.69 Å². The van der Waals surface area contributed by atoms with Crippen molar-refractivity contribution in [2.75, 3.05) is 32.7 Å². The minimum atomic E-state index is -4.62. The average molecular weight is 570 g/mol. The van der Waals surface area contributed by atoms with Crippen molar-refractivity contribution in [3.8, 4) is 0 Å². The predicted molar refractivity (Wildman–Crippen MR) is 124 cm³/mol. The summed E-state index contributed by atoms with van der Waals surface area (Å²) in [6.45, 7) is 0.661. The van der Waals surface area contributed by atoms with E-state index in [1.165, 1.54) is 16.8 Å². The van der Waals surface area contributed by atoms with E-state index in [2.05, 4.69) is 15.3 Å². The van der Waals surface area contributed by atoms with E-state index < -0.39 is 52.0 Å². The molecule has 1 aromatic heterocycles. The van der Waals surface area contributed by atoms with E-state index in [-0.39, 0.29) is 61.2 Å². The molecule has 1 aliphatic carbocycles. The number of sulfonamides is 1. The predicted octanol–water partition coefficient (Wildman–Crippen LogP) is 3.77. The van der Waals surface area contributed by atoms with E-state index in [0.29, 0.717) is 6.07 Å². The van der Waals surface area contributed by atoms with Crippen LogP contribution in [0.5, 0.6) is 0 Å². The van der Waals surface area contributed by atoms with Gasteiger partial charge in [0.05, 0.1) is 28.7 Å². The van der Waals surface area contributed by atoms with E-state index in [0.717, 1.165) is 12.1 Å². The molecule has 2 heterocycles. The summed E-state index contributed by atoms with van der Waals surface area (Å²) in [5.74, 6) is -3.58. The maximum Gasteiger partial charge on any atom is 0.416 e. The number of alkyl halides is 5. The number of amides is 1. The summed E-state index contributed by atoms with van der Waals surface area (Å²) in [4.78, 5) is 21.0. The number of piperazine rings is 1. The molecule has 8 nitrogen and oxygen atoms in total. The molecule has 4 rings (SSSR count). The molecular formula is C22H25ClF5N5O3S. The van der Waals surface area contributed by atoms with Crippen LogP contribution in [0.4, 0.5) is 22.0 Å². The summed E-state index contributed by atoms with van der Waals surface area (Å²) < 4.78 is 93.7. The Bertz CT molecular complexity index is 1220. The Morgan fingerprint density at radius 2 is 1.76 bits per heavy atom. The molecule has 0 spiro atoms. The molecule has 1 aromatic carbocycles. The standard InChI is InChI=1S/C22H25ClF5N5O3S/c23-17-11-15(22(26,27)28)1-2-16(17)19(34)30-13-20(3-5-21(24,25)6-4-20)32-7-9-33(10-8-32)37(35,36)18-12-29-14-31-18/h1-2,11-12,14H,3-10,13H2,(H,29,31)(H,30,34). The Balaban J connectivity index is 1.47. The number of hydrogen-bond donors (Lipinski definition) is 2. The molecule has 1 amide bonds. The van der Waals surface area contributed by atoms with Crippen LogP contribution in [0.3, 0.4) is 0 Å². The fourth-order valence-corrected chi connectivity index (χ4v) is 6.41. The zero-order valence-corrected chi connectivity index (χ0v) is 21.1. The van der Waals surface area contributed by atoms with Crippen molar-refractivity contribution in [3.63, 3.8) is 0 Å². The monoisotopic (exact) mass is 569 g/mol. The van der Waals surface area contributed by atoms with Crippen LogP contribution in [-0.4, -0.2) is 77.7 Å². The van der Waals surface area contributed by atoms with Gasteiger partial charge in [0.25, 0.3) is 15.9 Å². The second-order valence-electron chi connectivity index (χ2n) is 9.26. The number of carbonyl (C=O) groups is 1. The SMILES string of the molecule is O=C(NCC1(N2CCN(S(=O)(=O)c3cnc[nH]3)CC2)CCC(F)(F)CC1)c1ccc(C(F)(F)F)cc1Cl. The third-order valence-corrected chi connectivity index (χ3v) is 9.17. The van der Waals surface area contributed by atoms with Crippen LogP contribution in [0.1, 0.15) is 41.6 Å². The molecule has 1 saturated heterocycles. The first-order valence-electron chi connectivity index (χ1n) is 11.5. The highest BCUT2D eigenvalue weighted by Crippen LogP contribution is 2.42. The molecule has 0 bridgehead atoms. The summed E-state index contributed by atoms with van der Waals surface area (Å²) in [5, 5.41) is 2.23. The van der Waals surface area contributed by atoms with Gasteiger partial charge in [-0.15, -0.1) is 0 Å². The molecule has 0 unspecified atom stereocenters. The van der Waals surface area contributed by atoms with Crippen LogP contribution >= 0.6 is 11.6 Å². The van der Waals surface area contributed by atoms with Gasteiger partial charge < -0.3 is 10.3 Å². The highest BCUT2D eigenvalue weighted by molar-refractivity contribution is 7.89. The van der Waals surface area contributed by atoms with Crippen molar-refractivity contribution in [3.05, 3.63) is 46.9 Å². The zero-order chi connectivity index (χ0) is 27.1. The van der Waals surface area contributed by atoms with Gasteiger partial charge in [-0.05, 0) is 31.0 Å². The lowest BCUT2D eigenvalue weighted by molar-refractivity contribution is -0.137. The lowest BCUT2D eigenvalue weighted by Gasteiger charge is -2.50. The Hall–Kier alpha value is -2.29. The summed E-state index contributed by atoms with van der Waals surface area (Å²) in [7, 11) is -3.79. The zero-order valence-electron chi connectivity index (χ0n) is 19.5. The number of imidazole rings is 1. The van der Waals surface area contributed by atoms with Crippen molar-refractivity contribution in [1.29, 1.82) is 0 Å². The van der Waals surface area contributed by atoms with Crippen molar-refractivity contribution in [2.45, 2.75) is 48.3 Å². The minimum Gasteiger partial charge on any atom is -0.350 e. The third-order valence-electron chi connectivity index (χ3n) is 7.03. The van der Waals surface area contributed by atoms with Crippen LogP contribution in [0.2, 0.25) is 5.02 Å². The van der Waals surface area contributed by atoms with Crippen molar-refractivity contribution < 1.29 is 35.2 Å². The Morgan fingerprint density at radius 1 is 1.11 bits per heavy atom. The molecular weight excluding hydrogens is 545 g/mol. The van der Waals surface area contributed by atoms with Crippen molar-refractivity contribution in [2.24, 2.45) is 0 Å². The topological polar surface area (TPSA) is 98.4 Å². The van der Waals surface area contributed by atoms with Crippen molar-refractivity contribution in [1.82, 2.24) is 24.5 Å². The molecule has 0 atom stereocenters. The number of aromatic nitrogens is 2. The number of nitrogens with zero attached hydrogens (tertiary/aromatic N) is 3. The summed E-state index contributed by atoms with van der Waals surface area (Å²) in [6, 6.07) is 2.38. The minimum absolute atomic E-state index is 0.0475. The molecule has 15 heteroatoms. The number of halogens is 6. The van der Waals surface area contributed by atoms with E-state index >= 15 is 0 Å². The van der Waals surface area contributed by atoms with Crippen LogP contribution in [0.25, 0.3) is 0 Å². The number of nitrogens with one attached hydrogen (secondary N) is 2. The Labute approximate surface area is 215 Å². The van der Waals surface area contributed by atoms with Gasteiger partial charge in [0.15, 0.2) is 5.03 Å². The third kappa shape index (κ3) is 5.91. The van der Waals surface area contributed by atoms with Crippen LogP contribution in [-0.2, 0) is 16.2 Å². The van der Waals surface area contributed by atoms with Gasteiger partial charge in [-0.2, -0.15) is 17.5 Å². The lowest BCUT2D eigenvalue weighted by Crippen LogP contribution is -2.63. The molecule has 2 aromatic rings. The summed E-state index contributed by atoms with van der Waals surface area (Å²) in [6.07, 6.45) is -2.88. The molecule has 204 valence electrons. The number of rotatable bonds is 6. The molecule has 2 N–H and O–H groups in total. The number of benzene rings is 1. The number of hydrogen-bond acceptors (Lipinski definition) is 5. The quantitative estimate of drug-likeness (QED) is 0.516. The maximum absolute atomic E-state index is 14.0. The molecule has 2 fully saturated rings. The van der Waals surface area contributed by atoms with Gasteiger partial charge in [-0.1, -0.05) is 11.6 Å². The Kier molecular flexibility index (Phi) is 7.58. The highest BCUT2D eigenvalue weighted by Gasteiger charge is 2.48. The second-order valence-corrected chi connectivity index (χ2v) is 11.6. The van der Waals surface area contributed by atoms with Gasteiger partial charge in [-0.25, -0.2) is 22.2 Å². The first kappa shape index (κ1) is 27.7.